The van der Waals surface area contributed by atoms with Gasteiger partial charge < -0.3 is 15.8 Å². The van der Waals surface area contributed by atoms with Crippen LogP contribution in [0.4, 0.5) is 17.5 Å². The third-order valence-electron chi connectivity index (χ3n) is 2.67. The highest BCUT2D eigenvalue weighted by Gasteiger charge is 2.29. The molecule has 1 rings (SSSR count). The van der Waals surface area contributed by atoms with Gasteiger partial charge in [-0.3, -0.25) is 10.1 Å². The summed E-state index contributed by atoms with van der Waals surface area (Å²) in [6.45, 7) is 5.00. The Bertz CT molecular complexity index is 532. The number of nitrogens with zero attached hydrogens (tertiary/aromatic N) is 3. The van der Waals surface area contributed by atoms with E-state index in [1.54, 1.807) is 13.8 Å². The van der Waals surface area contributed by atoms with Crippen LogP contribution in [0.2, 0.25) is 0 Å². The number of aromatic nitrogens is 2. The quantitative estimate of drug-likeness (QED) is 0.462. The smallest absolute Gasteiger partial charge is 0.332 e. The summed E-state index contributed by atoms with van der Waals surface area (Å²) >= 11 is 0. The fourth-order valence-corrected chi connectivity index (χ4v) is 1.68. The zero-order valence-corrected chi connectivity index (χ0v) is 11.7. The molecule has 0 aromatic carbocycles. The Kier molecular flexibility index (Phi) is 4.78. The van der Waals surface area contributed by atoms with Crippen molar-refractivity contribution < 1.29 is 14.5 Å². The van der Waals surface area contributed by atoms with Crippen molar-refractivity contribution >= 4 is 23.4 Å². The molecule has 0 amide bonds. The summed E-state index contributed by atoms with van der Waals surface area (Å²) in [6, 6.07) is -0.771. The first kappa shape index (κ1) is 15.6. The molecule has 110 valence electrons. The van der Waals surface area contributed by atoms with Gasteiger partial charge in [-0.1, -0.05) is 13.8 Å². The van der Waals surface area contributed by atoms with Gasteiger partial charge in [0.1, 0.15) is 11.7 Å². The van der Waals surface area contributed by atoms with Gasteiger partial charge in [0.05, 0.1) is 12.0 Å². The maximum atomic E-state index is 11.7. The highest BCUT2D eigenvalue weighted by Crippen LogP contribution is 2.27. The second-order valence-electron chi connectivity index (χ2n) is 4.51. The van der Waals surface area contributed by atoms with Gasteiger partial charge in [-0.25, -0.2) is 9.78 Å². The van der Waals surface area contributed by atoms with Gasteiger partial charge in [0.25, 0.3) is 0 Å². The van der Waals surface area contributed by atoms with E-state index < -0.39 is 16.9 Å². The molecule has 0 aliphatic heterocycles. The van der Waals surface area contributed by atoms with Crippen molar-refractivity contribution in [2.75, 3.05) is 18.2 Å². The molecule has 3 N–H and O–H groups in total. The predicted octanol–water partition coefficient (Wildman–Crippen LogP) is 0.885. The van der Waals surface area contributed by atoms with E-state index in [1.165, 1.54) is 14.0 Å². The number of methoxy groups -OCH3 is 1. The lowest BCUT2D eigenvalue weighted by Crippen LogP contribution is -2.36. The Morgan fingerprint density at radius 3 is 2.50 bits per heavy atom. The first-order chi connectivity index (χ1) is 9.27. The number of anilines is 2. The number of ether oxygens (including phenoxy) is 1. The van der Waals surface area contributed by atoms with Crippen LogP contribution in [-0.2, 0) is 9.53 Å². The molecule has 0 aliphatic rings. The summed E-state index contributed by atoms with van der Waals surface area (Å²) in [5.74, 6) is -0.894. The molecule has 0 bridgehead atoms. The minimum absolute atomic E-state index is 0.0934. The number of nitrogens with one attached hydrogen (secondary N) is 1. The minimum Gasteiger partial charge on any atom is -0.467 e. The minimum atomic E-state index is -0.771. The molecular weight excluding hydrogens is 266 g/mol. The average Bonchev–Trinajstić information content (AvgIpc) is 2.33. The molecule has 1 aromatic rings. The normalized spacial score (nSPS) is 12.1. The Labute approximate surface area is 115 Å². The van der Waals surface area contributed by atoms with Crippen molar-refractivity contribution in [2.24, 2.45) is 5.92 Å². The lowest BCUT2D eigenvalue weighted by molar-refractivity contribution is -0.385. The maximum absolute atomic E-state index is 11.7. The maximum Gasteiger partial charge on any atom is 0.332 e. The largest absolute Gasteiger partial charge is 0.467 e. The van der Waals surface area contributed by atoms with E-state index in [0.29, 0.717) is 0 Å². The van der Waals surface area contributed by atoms with E-state index in [9.17, 15) is 14.9 Å². The lowest BCUT2D eigenvalue weighted by atomic mass is 10.0. The van der Waals surface area contributed by atoms with E-state index in [4.69, 9.17) is 5.73 Å². The Morgan fingerprint density at radius 2 is 2.05 bits per heavy atom. The Balaban J connectivity index is 3.24. The molecular formula is C11H17N5O4. The van der Waals surface area contributed by atoms with Crippen LogP contribution in [0.15, 0.2) is 0 Å². The summed E-state index contributed by atoms with van der Waals surface area (Å²) in [5.41, 5.74) is 5.30. The zero-order valence-electron chi connectivity index (χ0n) is 11.7. The lowest BCUT2D eigenvalue weighted by Gasteiger charge is -2.20. The van der Waals surface area contributed by atoms with Crippen molar-refractivity contribution in [2.45, 2.75) is 26.8 Å². The first-order valence-electron chi connectivity index (χ1n) is 5.90. The summed E-state index contributed by atoms with van der Waals surface area (Å²) in [6.07, 6.45) is 0. The van der Waals surface area contributed by atoms with Gasteiger partial charge >= 0.3 is 11.7 Å². The predicted molar refractivity (Wildman–Crippen MR) is 72.1 cm³/mol. The van der Waals surface area contributed by atoms with Gasteiger partial charge in [-0.05, 0) is 12.8 Å². The first-order valence-corrected chi connectivity index (χ1v) is 5.90. The Morgan fingerprint density at radius 1 is 1.45 bits per heavy atom. The molecule has 0 fully saturated rings. The third kappa shape index (κ3) is 3.31. The number of esters is 1. The Hall–Kier alpha value is -2.45. The molecule has 20 heavy (non-hydrogen) atoms. The summed E-state index contributed by atoms with van der Waals surface area (Å²) < 4.78 is 4.66. The molecule has 0 spiro atoms. The second-order valence-corrected chi connectivity index (χ2v) is 4.51. The molecule has 1 aromatic heterocycles. The number of nitrogens with two attached hydrogens (primary N) is 1. The van der Waals surface area contributed by atoms with Crippen molar-refractivity contribution in [1.82, 2.24) is 9.97 Å². The molecule has 0 aliphatic carbocycles. The summed E-state index contributed by atoms with van der Waals surface area (Å²) in [5, 5.41) is 13.8. The number of nitro groups is 1. The van der Waals surface area contributed by atoms with E-state index in [2.05, 4.69) is 20.0 Å². The molecule has 0 saturated carbocycles. The van der Waals surface area contributed by atoms with Crippen LogP contribution in [0.1, 0.15) is 19.5 Å². The van der Waals surface area contributed by atoms with Crippen LogP contribution < -0.4 is 11.1 Å². The monoisotopic (exact) mass is 283 g/mol. The fraction of sp³-hybridized carbons (Fsp3) is 0.545. The fourth-order valence-electron chi connectivity index (χ4n) is 1.68. The topological polar surface area (TPSA) is 133 Å². The number of rotatable bonds is 5. The van der Waals surface area contributed by atoms with Crippen LogP contribution in [0, 0.1) is 23.0 Å². The average molecular weight is 283 g/mol. The highest BCUT2D eigenvalue weighted by atomic mass is 16.6. The van der Waals surface area contributed by atoms with Gasteiger partial charge in [-0.15, -0.1) is 0 Å². The van der Waals surface area contributed by atoms with Gasteiger partial charge in [-0.2, -0.15) is 4.98 Å². The molecule has 1 unspecified atom stereocenters. The molecule has 9 nitrogen and oxygen atoms in total. The van der Waals surface area contributed by atoms with E-state index >= 15 is 0 Å². The van der Waals surface area contributed by atoms with Crippen LogP contribution in [-0.4, -0.2) is 34.0 Å². The molecule has 9 heteroatoms. The molecule has 1 atom stereocenters. The second kappa shape index (κ2) is 6.13. The van der Waals surface area contributed by atoms with Gasteiger partial charge in [0, 0.05) is 0 Å². The standard InChI is InChI=1S/C11H17N5O4/c1-5(2)7(10(17)20-4)14-9-8(16(18)19)6(3)13-11(12)15-9/h5,7H,1-4H3,(H3,12,13,14,15). The van der Waals surface area contributed by atoms with Crippen LogP contribution in [0.5, 0.6) is 0 Å². The number of hydrogen-bond acceptors (Lipinski definition) is 8. The third-order valence-corrected chi connectivity index (χ3v) is 2.67. The van der Waals surface area contributed by atoms with E-state index in [-0.39, 0.29) is 29.1 Å². The van der Waals surface area contributed by atoms with E-state index in [0.717, 1.165) is 0 Å². The van der Waals surface area contributed by atoms with Crippen molar-refractivity contribution in [3.8, 4) is 0 Å². The summed E-state index contributed by atoms with van der Waals surface area (Å²) in [4.78, 5) is 29.7. The molecule has 0 radical (unpaired) electrons. The zero-order chi connectivity index (χ0) is 15.4. The van der Waals surface area contributed by atoms with Crippen molar-refractivity contribution in [1.29, 1.82) is 0 Å². The van der Waals surface area contributed by atoms with E-state index in [1.807, 2.05) is 0 Å². The van der Waals surface area contributed by atoms with Crippen molar-refractivity contribution in [3.05, 3.63) is 15.8 Å². The molecule has 0 saturated heterocycles. The van der Waals surface area contributed by atoms with Crippen molar-refractivity contribution in [3.63, 3.8) is 0 Å². The highest BCUT2D eigenvalue weighted by molar-refractivity contribution is 5.80. The number of nitrogen functional groups attached to an aromatic ring is 1. The van der Waals surface area contributed by atoms with Crippen LogP contribution in [0.3, 0.4) is 0 Å². The molecule has 1 heterocycles. The number of aryl methyl sites for hydroxylation is 1. The SMILES string of the molecule is COC(=O)C(Nc1nc(N)nc(C)c1[N+](=O)[O-])C(C)C. The number of carbonyl (C=O) groups excluding carboxylic acids is 1. The van der Waals surface area contributed by atoms with Crippen LogP contribution >= 0.6 is 0 Å². The number of hydrogen-bond donors (Lipinski definition) is 2. The van der Waals surface area contributed by atoms with Crippen LogP contribution in [0.25, 0.3) is 0 Å². The number of carbonyl (C=O) groups is 1. The summed E-state index contributed by atoms with van der Waals surface area (Å²) in [7, 11) is 1.24. The van der Waals surface area contributed by atoms with Gasteiger partial charge in [0.15, 0.2) is 0 Å². The van der Waals surface area contributed by atoms with Gasteiger partial charge in [0.2, 0.25) is 11.8 Å².